The van der Waals surface area contributed by atoms with Gasteiger partial charge in [0.05, 0.1) is 0 Å². The number of rotatable bonds is 3. The second-order valence-corrected chi connectivity index (χ2v) is 6.44. The standard InChI is InChI=1S/C18H25N3O2/c22-17(20-10-4-5-11-20)16-8-12-21(13-9-16)18(23)19-14-15-6-2-1-3-7-15/h1-3,6-7,16H,4-5,8-14H2,(H,19,23). The molecule has 0 bridgehead atoms. The largest absolute Gasteiger partial charge is 0.342 e. The highest BCUT2D eigenvalue weighted by Gasteiger charge is 2.31. The number of urea groups is 1. The number of hydrogen-bond donors (Lipinski definition) is 1. The molecule has 0 radical (unpaired) electrons. The molecular weight excluding hydrogens is 290 g/mol. The zero-order chi connectivity index (χ0) is 16.1. The molecule has 0 aromatic heterocycles. The predicted molar refractivity (Wildman–Crippen MR) is 88.8 cm³/mol. The Labute approximate surface area is 137 Å². The molecule has 2 heterocycles. The van der Waals surface area contributed by atoms with Crippen LogP contribution in [-0.4, -0.2) is 47.9 Å². The summed E-state index contributed by atoms with van der Waals surface area (Å²) in [5.74, 6) is 0.401. The van der Waals surface area contributed by atoms with Crippen molar-refractivity contribution < 1.29 is 9.59 Å². The van der Waals surface area contributed by atoms with E-state index in [4.69, 9.17) is 0 Å². The summed E-state index contributed by atoms with van der Waals surface area (Å²) < 4.78 is 0. The fraction of sp³-hybridized carbons (Fsp3) is 0.556. The number of nitrogens with one attached hydrogen (secondary N) is 1. The molecule has 5 nitrogen and oxygen atoms in total. The number of hydrogen-bond acceptors (Lipinski definition) is 2. The van der Waals surface area contributed by atoms with Gasteiger partial charge in [-0.15, -0.1) is 0 Å². The molecule has 0 unspecified atom stereocenters. The molecule has 0 atom stereocenters. The van der Waals surface area contributed by atoms with Crippen molar-refractivity contribution in [2.45, 2.75) is 32.2 Å². The van der Waals surface area contributed by atoms with E-state index in [2.05, 4.69) is 5.32 Å². The number of benzene rings is 1. The van der Waals surface area contributed by atoms with Crippen molar-refractivity contribution in [1.82, 2.24) is 15.1 Å². The van der Waals surface area contributed by atoms with Gasteiger partial charge in [-0.2, -0.15) is 0 Å². The van der Waals surface area contributed by atoms with E-state index in [1.54, 1.807) is 0 Å². The Bertz CT molecular complexity index is 532. The van der Waals surface area contributed by atoms with E-state index in [1.807, 2.05) is 40.1 Å². The van der Waals surface area contributed by atoms with Gasteiger partial charge >= 0.3 is 6.03 Å². The smallest absolute Gasteiger partial charge is 0.317 e. The number of carbonyl (C=O) groups is 2. The zero-order valence-corrected chi connectivity index (χ0v) is 13.5. The quantitative estimate of drug-likeness (QED) is 0.930. The van der Waals surface area contributed by atoms with Crippen molar-refractivity contribution in [2.75, 3.05) is 26.2 Å². The minimum Gasteiger partial charge on any atom is -0.342 e. The Balaban J connectivity index is 1.43. The molecule has 2 fully saturated rings. The lowest BCUT2D eigenvalue weighted by atomic mass is 9.95. The van der Waals surface area contributed by atoms with Crippen LogP contribution >= 0.6 is 0 Å². The van der Waals surface area contributed by atoms with Gasteiger partial charge in [0.25, 0.3) is 0 Å². The molecule has 1 aromatic carbocycles. The molecule has 2 saturated heterocycles. The third kappa shape index (κ3) is 4.03. The average molecular weight is 315 g/mol. The highest BCUT2D eigenvalue weighted by molar-refractivity contribution is 5.80. The number of carbonyl (C=O) groups excluding carboxylic acids is 2. The molecule has 5 heteroatoms. The lowest BCUT2D eigenvalue weighted by Crippen LogP contribution is -2.47. The van der Waals surface area contributed by atoms with Gasteiger partial charge in [-0.1, -0.05) is 30.3 Å². The molecule has 0 saturated carbocycles. The molecule has 0 spiro atoms. The van der Waals surface area contributed by atoms with Crippen LogP contribution in [0.2, 0.25) is 0 Å². The molecule has 2 aliphatic heterocycles. The summed E-state index contributed by atoms with van der Waals surface area (Å²) in [6.45, 7) is 3.72. The van der Waals surface area contributed by atoms with Crippen LogP contribution in [0.3, 0.4) is 0 Å². The minimum absolute atomic E-state index is 0.0269. The molecule has 3 amide bonds. The molecule has 124 valence electrons. The number of piperidine rings is 1. The maximum Gasteiger partial charge on any atom is 0.317 e. The van der Waals surface area contributed by atoms with E-state index in [-0.39, 0.29) is 11.9 Å². The Kier molecular flexibility index (Phi) is 5.16. The second-order valence-electron chi connectivity index (χ2n) is 6.44. The van der Waals surface area contributed by atoms with Gasteiger partial charge in [-0.05, 0) is 31.2 Å². The normalized spacial score (nSPS) is 19.0. The first-order valence-corrected chi connectivity index (χ1v) is 8.59. The summed E-state index contributed by atoms with van der Waals surface area (Å²) >= 11 is 0. The molecule has 3 rings (SSSR count). The van der Waals surface area contributed by atoms with Crippen LogP contribution in [0.25, 0.3) is 0 Å². The van der Waals surface area contributed by atoms with E-state index in [0.29, 0.717) is 25.5 Å². The number of amides is 3. The molecule has 1 aromatic rings. The van der Waals surface area contributed by atoms with Gasteiger partial charge in [-0.3, -0.25) is 4.79 Å². The first-order valence-electron chi connectivity index (χ1n) is 8.59. The second kappa shape index (κ2) is 7.49. The topological polar surface area (TPSA) is 52.7 Å². The molecule has 1 N–H and O–H groups in total. The average Bonchev–Trinajstić information content (AvgIpc) is 3.15. The fourth-order valence-corrected chi connectivity index (χ4v) is 3.41. The van der Waals surface area contributed by atoms with Crippen LogP contribution in [0.15, 0.2) is 30.3 Å². The van der Waals surface area contributed by atoms with Crippen molar-refractivity contribution in [1.29, 1.82) is 0 Å². The lowest BCUT2D eigenvalue weighted by molar-refractivity contribution is -0.135. The first-order chi connectivity index (χ1) is 11.2. The number of nitrogens with zero attached hydrogens (tertiary/aromatic N) is 2. The van der Waals surface area contributed by atoms with Gasteiger partial charge in [0.2, 0.25) is 5.91 Å². The van der Waals surface area contributed by atoms with Crippen LogP contribution in [0.1, 0.15) is 31.2 Å². The third-order valence-corrected chi connectivity index (χ3v) is 4.84. The number of likely N-dealkylation sites (tertiary alicyclic amines) is 2. The van der Waals surface area contributed by atoms with Crippen LogP contribution in [0.5, 0.6) is 0 Å². The lowest BCUT2D eigenvalue weighted by Gasteiger charge is -2.33. The van der Waals surface area contributed by atoms with Gasteiger partial charge in [0, 0.05) is 38.6 Å². The minimum atomic E-state index is -0.0269. The van der Waals surface area contributed by atoms with E-state index in [0.717, 1.165) is 44.3 Å². The van der Waals surface area contributed by atoms with Crippen molar-refractivity contribution >= 4 is 11.9 Å². The highest BCUT2D eigenvalue weighted by Crippen LogP contribution is 2.22. The van der Waals surface area contributed by atoms with Crippen LogP contribution in [-0.2, 0) is 11.3 Å². The predicted octanol–water partition coefficient (Wildman–Crippen LogP) is 2.23. The Morgan fingerprint density at radius 1 is 0.957 bits per heavy atom. The van der Waals surface area contributed by atoms with Crippen LogP contribution in [0.4, 0.5) is 4.79 Å². The van der Waals surface area contributed by atoms with Gasteiger partial charge in [0.15, 0.2) is 0 Å². The third-order valence-electron chi connectivity index (χ3n) is 4.84. The van der Waals surface area contributed by atoms with Gasteiger partial charge in [0.1, 0.15) is 0 Å². The van der Waals surface area contributed by atoms with Crippen molar-refractivity contribution in [3.8, 4) is 0 Å². The van der Waals surface area contributed by atoms with Crippen molar-refractivity contribution in [2.24, 2.45) is 5.92 Å². The van der Waals surface area contributed by atoms with Gasteiger partial charge < -0.3 is 15.1 Å². The van der Waals surface area contributed by atoms with E-state index in [9.17, 15) is 9.59 Å². The molecule has 2 aliphatic rings. The Morgan fingerprint density at radius 2 is 1.61 bits per heavy atom. The van der Waals surface area contributed by atoms with E-state index in [1.165, 1.54) is 0 Å². The summed E-state index contributed by atoms with van der Waals surface area (Å²) in [5.41, 5.74) is 1.10. The molecule has 0 aliphatic carbocycles. The summed E-state index contributed by atoms with van der Waals surface area (Å²) in [4.78, 5) is 28.4. The Hall–Kier alpha value is -2.04. The van der Waals surface area contributed by atoms with E-state index < -0.39 is 0 Å². The van der Waals surface area contributed by atoms with Crippen molar-refractivity contribution in [3.63, 3.8) is 0 Å². The van der Waals surface area contributed by atoms with Crippen molar-refractivity contribution in [3.05, 3.63) is 35.9 Å². The first kappa shape index (κ1) is 15.8. The van der Waals surface area contributed by atoms with Crippen LogP contribution < -0.4 is 5.32 Å². The summed E-state index contributed by atoms with van der Waals surface area (Å²) in [5, 5.41) is 2.96. The summed E-state index contributed by atoms with van der Waals surface area (Å²) in [6.07, 6.45) is 3.83. The monoisotopic (exact) mass is 315 g/mol. The summed E-state index contributed by atoms with van der Waals surface area (Å²) in [6, 6.07) is 9.88. The Morgan fingerprint density at radius 3 is 2.26 bits per heavy atom. The fourth-order valence-electron chi connectivity index (χ4n) is 3.41. The zero-order valence-electron chi connectivity index (χ0n) is 13.5. The SMILES string of the molecule is O=C(NCc1ccccc1)N1CCC(C(=O)N2CCCC2)CC1. The highest BCUT2D eigenvalue weighted by atomic mass is 16.2. The van der Waals surface area contributed by atoms with Crippen LogP contribution in [0, 0.1) is 5.92 Å². The summed E-state index contributed by atoms with van der Waals surface area (Å²) in [7, 11) is 0. The van der Waals surface area contributed by atoms with E-state index >= 15 is 0 Å². The maximum absolute atomic E-state index is 12.4. The molecule has 23 heavy (non-hydrogen) atoms. The van der Waals surface area contributed by atoms with Gasteiger partial charge in [-0.25, -0.2) is 4.79 Å². The maximum atomic E-state index is 12.4. The molecular formula is C18H25N3O2.